The van der Waals surface area contributed by atoms with Crippen molar-refractivity contribution in [3.8, 4) is 0 Å². The number of anilines is 1. The van der Waals surface area contributed by atoms with Crippen molar-refractivity contribution < 1.29 is 0 Å². The van der Waals surface area contributed by atoms with Crippen molar-refractivity contribution in [1.29, 1.82) is 0 Å². The zero-order chi connectivity index (χ0) is 10.8. The van der Waals surface area contributed by atoms with Gasteiger partial charge in [0.05, 0.1) is 35.4 Å². The number of nitrogens with zero attached hydrogens (tertiary/aromatic N) is 4. The third kappa shape index (κ3) is 1.90. The summed E-state index contributed by atoms with van der Waals surface area (Å²) in [6.45, 7) is 3.62. The van der Waals surface area contributed by atoms with E-state index in [-0.39, 0.29) is 0 Å². The van der Waals surface area contributed by atoms with Crippen molar-refractivity contribution in [2.24, 2.45) is 0 Å². The average molecular weight is 270 g/mol. The summed E-state index contributed by atoms with van der Waals surface area (Å²) >= 11 is 3.32. The van der Waals surface area contributed by atoms with Crippen LogP contribution in [0.5, 0.6) is 0 Å². The second kappa shape index (κ2) is 4.06. The number of nitrogens with two attached hydrogens (primary N) is 1. The summed E-state index contributed by atoms with van der Waals surface area (Å²) in [5.41, 5.74) is 6.93. The molecule has 2 N–H and O–H groups in total. The topological polar surface area (TPSA) is 61.7 Å². The highest BCUT2D eigenvalue weighted by Gasteiger charge is 2.07. The third-order valence-electron chi connectivity index (χ3n) is 2.28. The predicted molar refractivity (Wildman–Crippen MR) is 61.3 cm³/mol. The summed E-state index contributed by atoms with van der Waals surface area (Å²) in [4.78, 5) is 4.09. The lowest BCUT2D eigenvalue weighted by atomic mass is 10.4. The Morgan fingerprint density at radius 1 is 1.47 bits per heavy atom. The molecule has 5 nitrogen and oxygen atoms in total. The summed E-state index contributed by atoms with van der Waals surface area (Å²) in [6.07, 6.45) is 5.34. The number of hydrogen-bond acceptors (Lipinski definition) is 3. The zero-order valence-electron chi connectivity index (χ0n) is 8.39. The first-order valence-corrected chi connectivity index (χ1v) is 5.47. The van der Waals surface area contributed by atoms with Crippen LogP contribution in [0.4, 0.5) is 5.82 Å². The van der Waals surface area contributed by atoms with Gasteiger partial charge in [0.2, 0.25) is 0 Å². The largest absolute Gasteiger partial charge is 0.383 e. The second-order valence-corrected chi connectivity index (χ2v) is 4.06. The Morgan fingerprint density at radius 3 is 2.87 bits per heavy atom. The van der Waals surface area contributed by atoms with Gasteiger partial charge in [0.25, 0.3) is 0 Å². The molecule has 0 radical (unpaired) electrons. The van der Waals surface area contributed by atoms with Crippen LogP contribution in [0.25, 0.3) is 0 Å². The summed E-state index contributed by atoms with van der Waals surface area (Å²) < 4.78 is 4.63. The molecule has 0 saturated carbocycles. The summed E-state index contributed by atoms with van der Waals surface area (Å²) in [5, 5.41) is 4.17. The van der Waals surface area contributed by atoms with Gasteiger partial charge in [0.15, 0.2) is 0 Å². The van der Waals surface area contributed by atoms with Gasteiger partial charge in [-0.3, -0.25) is 0 Å². The summed E-state index contributed by atoms with van der Waals surface area (Å²) in [6, 6.07) is 0. The predicted octanol–water partition coefficient (Wildman–Crippen LogP) is 1.49. The Labute approximate surface area is 96.0 Å². The quantitative estimate of drug-likeness (QED) is 0.919. The molecule has 0 aliphatic heterocycles. The monoisotopic (exact) mass is 269 g/mol. The van der Waals surface area contributed by atoms with Crippen LogP contribution in [0.2, 0.25) is 0 Å². The normalized spacial score (nSPS) is 10.8. The van der Waals surface area contributed by atoms with E-state index in [0.29, 0.717) is 12.4 Å². The van der Waals surface area contributed by atoms with Gasteiger partial charge >= 0.3 is 0 Å². The average Bonchev–Trinajstić information content (AvgIpc) is 2.80. The lowest BCUT2D eigenvalue weighted by Crippen LogP contribution is -2.09. The van der Waals surface area contributed by atoms with Gasteiger partial charge in [-0.1, -0.05) is 0 Å². The molecule has 0 fully saturated rings. The number of halogens is 1. The SMILES string of the molecule is CCn1cncc1Cn1ncc(Br)c1N. The maximum absolute atomic E-state index is 5.83. The van der Waals surface area contributed by atoms with Crippen LogP contribution in [-0.2, 0) is 13.1 Å². The molecule has 80 valence electrons. The number of imidazole rings is 1. The van der Waals surface area contributed by atoms with Gasteiger partial charge in [-0.2, -0.15) is 5.10 Å². The first-order chi connectivity index (χ1) is 7.22. The number of hydrogen-bond donors (Lipinski definition) is 1. The molecule has 2 rings (SSSR count). The molecular formula is C9H12BrN5. The highest BCUT2D eigenvalue weighted by molar-refractivity contribution is 9.10. The van der Waals surface area contributed by atoms with Gasteiger partial charge in [-0.15, -0.1) is 0 Å². The molecule has 0 bridgehead atoms. The third-order valence-corrected chi connectivity index (χ3v) is 2.90. The van der Waals surface area contributed by atoms with Crippen LogP contribution >= 0.6 is 15.9 Å². The minimum Gasteiger partial charge on any atom is -0.383 e. The standard InChI is InChI=1S/C9H12BrN5/c1-2-14-6-12-3-7(14)5-15-9(11)8(10)4-13-15/h3-4,6H,2,5,11H2,1H3. The number of rotatable bonds is 3. The van der Waals surface area contributed by atoms with E-state index in [9.17, 15) is 0 Å². The van der Waals surface area contributed by atoms with Crippen LogP contribution in [-0.4, -0.2) is 19.3 Å². The fourth-order valence-corrected chi connectivity index (χ4v) is 1.71. The summed E-state index contributed by atoms with van der Waals surface area (Å²) in [7, 11) is 0. The molecule has 0 amide bonds. The maximum Gasteiger partial charge on any atom is 0.136 e. The Kier molecular flexibility index (Phi) is 2.77. The molecule has 0 spiro atoms. The van der Waals surface area contributed by atoms with E-state index in [0.717, 1.165) is 16.7 Å². The smallest absolute Gasteiger partial charge is 0.136 e. The van der Waals surface area contributed by atoms with E-state index in [1.807, 2.05) is 12.5 Å². The molecule has 0 aliphatic carbocycles. The molecule has 2 heterocycles. The fraction of sp³-hybridized carbons (Fsp3) is 0.333. The van der Waals surface area contributed by atoms with Crippen molar-refractivity contribution in [1.82, 2.24) is 19.3 Å². The first kappa shape index (κ1) is 10.2. The van der Waals surface area contributed by atoms with E-state index in [4.69, 9.17) is 5.73 Å². The highest BCUT2D eigenvalue weighted by Crippen LogP contribution is 2.18. The minimum atomic E-state index is 0.638. The molecular weight excluding hydrogens is 258 g/mol. The Morgan fingerprint density at radius 2 is 2.27 bits per heavy atom. The van der Waals surface area contributed by atoms with E-state index >= 15 is 0 Å². The molecule has 2 aromatic heterocycles. The molecule has 6 heteroatoms. The highest BCUT2D eigenvalue weighted by atomic mass is 79.9. The van der Waals surface area contributed by atoms with Crippen molar-refractivity contribution in [3.05, 3.63) is 28.9 Å². The molecule has 2 aromatic rings. The van der Waals surface area contributed by atoms with Gasteiger partial charge in [0, 0.05) is 6.54 Å². The lowest BCUT2D eigenvalue weighted by Gasteiger charge is -2.06. The Bertz CT molecular complexity index is 459. The van der Waals surface area contributed by atoms with E-state index in [1.165, 1.54) is 0 Å². The molecule has 0 aromatic carbocycles. The molecule has 0 atom stereocenters. The lowest BCUT2D eigenvalue weighted by molar-refractivity contribution is 0.628. The van der Waals surface area contributed by atoms with Crippen molar-refractivity contribution in [2.75, 3.05) is 5.73 Å². The van der Waals surface area contributed by atoms with Gasteiger partial charge in [-0.05, 0) is 22.9 Å². The molecule has 0 aliphatic rings. The van der Waals surface area contributed by atoms with Gasteiger partial charge in [0.1, 0.15) is 5.82 Å². The molecule has 0 saturated heterocycles. The number of aromatic nitrogens is 4. The fourth-order valence-electron chi connectivity index (χ4n) is 1.42. The van der Waals surface area contributed by atoms with E-state index in [1.54, 1.807) is 10.9 Å². The van der Waals surface area contributed by atoms with Crippen molar-refractivity contribution >= 4 is 21.7 Å². The van der Waals surface area contributed by atoms with E-state index < -0.39 is 0 Å². The Hall–Kier alpha value is -1.30. The second-order valence-electron chi connectivity index (χ2n) is 3.21. The van der Waals surface area contributed by atoms with Crippen molar-refractivity contribution in [2.45, 2.75) is 20.0 Å². The zero-order valence-corrected chi connectivity index (χ0v) is 9.98. The number of nitrogen functional groups attached to an aromatic ring is 1. The van der Waals surface area contributed by atoms with Crippen LogP contribution in [0.15, 0.2) is 23.2 Å². The molecule has 15 heavy (non-hydrogen) atoms. The summed E-state index contributed by atoms with van der Waals surface area (Å²) in [5.74, 6) is 0.638. The van der Waals surface area contributed by atoms with Gasteiger partial charge in [-0.25, -0.2) is 9.67 Å². The van der Waals surface area contributed by atoms with Crippen LogP contribution in [0.3, 0.4) is 0 Å². The number of aryl methyl sites for hydroxylation is 1. The first-order valence-electron chi connectivity index (χ1n) is 4.68. The van der Waals surface area contributed by atoms with E-state index in [2.05, 4.69) is 37.5 Å². The van der Waals surface area contributed by atoms with Crippen molar-refractivity contribution in [3.63, 3.8) is 0 Å². The minimum absolute atomic E-state index is 0.638. The van der Waals surface area contributed by atoms with Crippen LogP contribution < -0.4 is 5.73 Å². The maximum atomic E-state index is 5.83. The molecule has 0 unspecified atom stereocenters. The van der Waals surface area contributed by atoms with Crippen LogP contribution in [0.1, 0.15) is 12.6 Å². The van der Waals surface area contributed by atoms with Gasteiger partial charge < -0.3 is 10.3 Å². The Balaban J connectivity index is 2.25. The van der Waals surface area contributed by atoms with Crippen LogP contribution in [0, 0.1) is 0 Å².